The van der Waals surface area contributed by atoms with Crippen molar-refractivity contribution in [2.24, 2.45) is 5.92 Å². The molecule has 0 bridgehead atoms. The van der Waals surface area contributed by atoms with Gasteiger partial charge in [0.25, 0.3) is 0 Å². The minimum absolute atomic E-state index is 0.244. The lowest BCUT2D eigenvalue weighted by Gasteiger charge is -2.16. The van der Waals surface area contributed by atoms with E-state index in [9.17, 15) is 0 Å². The van der Waals surface area contributed by atoms with Crippen molar-refractivity contribution in [3.63, 3.8) is 0 Å². The zero-order valence-electron chi connectivity index (χ0n) is 9.76. The zero-order valence-corrected chi connectivity index (χ0v) is 10.7. The van der Waals surface area contributed by atoms with E-state index in [0.717, 1.165) is 13.2 Å². The SMILES string of the molecule is CC(C)COP(OCC1CO1)OCC1CO1. The first-order valence-electron chi connectivity index (χ1n) is 5.66. The Kier molecular flexibility index (Phi) is 4.95. The Balaban J connectivity index is 1.60. The lowest BCUT2D eigenvalue weighted by Crippen LogP contribution is -2.07. The molecule has 0 aromatic heterocycles. The van der Waals surface area contributed by atoms with Gasteiger partial charge in [0, 0.05) is 0 Å². The summed E-state index contributed by atoms with van der Waals surface area (Å²) in [5, 5.41) is 0. The van der Waals surface area contributed by atoms with Crippen LogP contribution in [0.25, 0.3) is 0 Å². The second-order valence-electron chi connectivity index (χ2n) is 4.42. The van der Waals surface area contributed by atoms with Crippen molar-refractivity contribution < 1.29 is 23.0 Å². The average molecular weight is 250 g/mol. The van der Waals surface area contributed by atoms with E-state index in [1.807, 2.05) is 0 Å². The van der Waals surface area contributed by atoms with Gasteiger partial charge < -0.3 is 23.0 Å². The minimum Gasteiger partial charge on any atom is -0.371 e. The Morgan fingerprint density at radius 3 is 1.94 bits per heavy atom. The molecule has 2 aliphatic heterocycles. The van der Waals surface area contributed by atoms with Gasteiger partial charge in [0.2, 0.25) is 0 Å². The van der Waals surface area contributed by atoms with E-state index in [4.69, 9.17) is 23.0 Å². The molecule has 2 heterocycles. The van der Waals surface area contributed by atoms with Gasteiger partial charge in [-0.05, 0) is 5.92 Å². The molecule has 0 N–H and O–H groups in total. The summed E-state index contributed by atoms with van der Waals surface area (Å²) in [5.41, 5.74) is 0. The van der Waals surface area contributed by atoms with Crippen LogP contribution in [0, 0.1) is 5.92 Å². The molecule has 16 heavy (non-hydrogen) atoms. The van der Waals surface area contributed by atoms with Gasteiger partial charge in [-0.1, -0.05) is 13.8 Å². The van der Waals surface area contributed by atoms with Crippen LogP contribution in [0.5, 0.6) is 0 Å². The van der Waals surface area contributed by atoms with Crippen molar-refractivity contribution in [2.45, 2.75) is 26.1 Å². The van der Waals surface area contributed by atoms with Gasteiger partial charge in [0.15, 0.2) is 0 Å². The summed E-state index contributed by atoms with van der Waals surface area (Å²) in [6.07, 6.45) is 0.488. The molecule has 2 fully saturated rings. The third-order valence-electron chi connectivity index (χ3n) is 2.05. The molecule has 0 aromatic rings. The Morgan fingerprint density at radius 1 is 1.06 bits per heavy atom. The molecule has 2 atom stereocenters. The van der Waals surface area contributed by atoms with E-state index in [1.165, 1.54) is 0 Å². The van der Waals surface area contributed by atoms with Crippen molar-refractivity contribution in [2.75, 3.05) is 33.0 Å². The van der Waals surface area contributed by atoms with Crippen molar-refractivity contribution in [3.8, 4) is 0 Å². The molecule has 5 nitrogen and oxygen atoms in total. The summed E-state index contributed by atoms with van der Waals surface area (Å²) >= 11 is 0. The lowest BCUT2D eigenvalue weighted by atomic mass is 10.2. The number of epoxide rings is 2. The van der Waals surface area contributed by atoms with Gasteiger partial charge in [-0.15, -0.1) is 0 Å². The first-order valence-corrected chi connectivity index (χ1v) is 6.75. The van der Waals surface area contributed by atoms with Crippen LogP contribution in [0.1, 0.15) is 13.8 Å². The first kappa shape index (κ1) is 12.7. The number of hydrogen-bond acceptors (Lipinski definition) is 5. The van der Waals surface area contributed by atoms with Crippen LogP contribution in [0.2, 0.25) is 0 Å². The smallest absolute Gasteiger partial charge is 0.332 e. The molecule has 0 amide bonds. The molecule has 2 aliphatic rings. The topological polar surface area (TPSA) is 52.8 Å². The fourth-order valence-corrected chi connectivity index (χ4v) is 2.16. The molecular formula is C10H19O5P. The van der Waals surface area contributed by atoms with Crippen molar-refractivity contribution in [1.29, 1.82) is 0 Å². The Morgan fingerprint density at radius 2 is 1.56 bits per heavy atom. The molecule has 2 saturated heterocycles. The lowest BCUT2D eigenvalue weighted by molar-refractivity contribution is 0.134. The average Bonchev–Trinajstić information content (AvgIpc) is 3.11. The Labute approximate surface area is 97.3 Å². The molecular weight excluding hydrogens is 231 g/mol. The van der Waals surface area contributed by atoms with Crippen LogP contribution < -0.4 is 0 Å². The zero-order chi connectivity index (χ0) is 11.4. The first-order chi connectivity index (χ1) is 7.74. The second-order valence-corrected chi connectivity index (χ2v) is 5.64. The van der Waals surface area contributed by atoms with Crippen LogP contribution >= 0.6 is 8.60 Å². The highest BCUT2D eigenvalue weighted by Gasteiger charge is 2.28. The van der Waals surface area contributed by atoms with Crippen molar-refractivity contribution in [1.82, 2.24) is 0 Å². The minimum atomic E-state index is -1.24. The normalized spacial score (nSPS) is 29.4. The van der Waals surface area contributed by atoms with Crippen LogP contribution in [-0.2, 0) is 23.0 Å². The largest absolute Gasteiger partial charge is 0.371 e. The summed E-state index contributed by atoms with van der Waals surface area (Å²) in [4.78, 5) is 0. The monoisotopic (exact) mass is 250 g/mol. The van der Waals surface area contributed by atoms with Crippen LogP contribution in [0.3, 0.4) is 0 Å². The summed E-state index contributed by atoms with van der Waals surface area (Å²) in [7, 11) is -1.24. The number of hydrogen-bond donors (Lipinski definition) is 0. The van der Waals surface area contributed by atoms with Gasteiger partial charge in [-0.3, -0.25) is 0 Å². The summed E-state index contributed by atoms with van der Waals surface area (Å²) < 4.78 is 26.8. The van der Waals surface area contributed by atoms with Crippen LogP contribution in [-0.4, -0.2) is 45.2 Å². The molecule has 94 valence electrons. The van der Waals surface area contributed by atoms with Gasteiger partial charge in [0.1, 0.15) is 12.2 Å². The Hall–Kier alpha value is 0.230. The number of ether oxygens (including phenoxy) is 2. The third-order valence-corrected chi connectivity index (χ3v) is 3.13. The van der Waals surface area contributed by atoms with E-state index in [2.05, 4.69) is 13.8 Å². The van der Waals surface area contributed by atoms with E-state index in [-0.39, 0.29) is 12.2 Å². The summed E-state index contributed by atoms with van der Waals surface area (Å²) in [5.74, 6) is 0.478. The van der Waals surface area contributed by atoms with Gasteiger partial charge in [-0.2, -0.15) is 0 Å². The maximum Gasteiger partial charge on any atom is 0.332 e. The van der Waals surface area contributed by atoms with E-state index in [0.29, 0.717) is 25.7 Å². The molecule has 0 aliphatic carbocycles. The third kappa shape index (κ3) is 5.53. The van der Waals surface area contributed by atoms with Gasteiger partial charge in [0.05, 0.1) is 33.0 Å². The van der Waals surface area contributed by atoms with E-state index < -0.39 is 8.60 Å². The highest BCUT2D eigenvalue weighted by molar-refractivity contribution is 7.41. The van der Waals surface area contributed by atoms with Gasteiger partial charge >= 0.3 is 8.60 Å². The molecule has 6 heteroatoms. The maximum atomic E-state index is 5.57. The number of rotatable bonds is 9. The fraction of sp³-hybridized carbons (Fsp3) is 1.00. The van der Waals surface area contributed by atoms with Crippen LogP contribution in [0.15, 0.2) is 0 Å². The fourth-order valence-electron chi connectivity index (χ4n) is 0.938. The van der Waals surface area contributed by atoms with E-state index in [1.54, 1.807) is 0 Å². The van der Waals surface area contributed by atoms with E-state index >= 15 is 0 Å². The highest BCUT2D eigenvalue weighted by Crippen LogP contribution is 2.41. The predicted octanol–water partition coefficient (Wildman–Crippen LogP) is 1.72. The maximum absolute atomic E-state index is 5.57. The molecule has 0 saturated carbocycles. The molecule has 2 rings (SSSR count). The molecule has 0 radical (unpaired) electrons. The predicted molar refractivity (Wildman–Crippen MR) is 59.1 cm³/mol. The molecule has 2 unspecified atom stereocenters. The molecule has 0 aromatic carbocycles. The quantitative estimate of drug-likeness (QED) is 0.460. The standard InChI is InChI=1S/C10H19O5P/c1-8(2)3-13-16(14-6-9-4-11-9)15-7-10-5-12-10/h8-10H,3-7H2,1-2H3. The highest BCUT2D eigenvalue weighted by atomic mass is 31.2. The summed E-state index contributed by atoms with van der Waals surface area (Å²) in [6.45, 7) is 7.56. The molecule has 0 spiro atoms. The van der Waals surface area contributed by atoms with Crippen LogP contribution in [0.4, 0.5) is 0 Å². The van der Waals surface area contributed by atoms with Crippen molar-refractivity contribution in [3.05, 3.63) is 0 Å². The van der Waals surface area contributed by atoms with Crippen molar-refractivity contribution >= 4 is 8.60 Å². The Bertz CT molecular complexity index is 181. The van der Waals surface area contributed by atoms with Gasteiger partial charge in [-0.25, -0.2) is 0 Å². The second kappa shape index (κ2) is 6.24. The summed E-state index contributed by atoms with van der Waals surface area (Å²) in [6, 6.07) is 0.